The summed E-state index contributed by atoms with van der Waals surface area (Å²) >= 11 is 1.72. The number of H-pyrrole nitrogens is 1. The van der Waals surface area contributed by atoms with Gasteiger partial charge in [0.15, 0.2) is 5.82 Å². The average Bonchev–Trinajstić information content (AvgIpc) is 3.73. The molecule has 3 aromatic heterocycles. The number of hydrogen-bond acceptors (Lipinski definition) is 8. The van der Waals surface area contributed by atoms with E-state index in [9.17, 15) is 4.79 Å². The van der Waals surface area contributed by atoms with Crippen LogP contribution >= 0.6 is 11.3 Å². The van der Waals surface area contributed by atoms with Crippen LogP contribution < -0.4 is 10.3 Å². The molecule has 1 aliphatic heterocycles. The van der Waals surface area contributed by atoms with E-state index in [1.165, 1.54) is 17.7 Å². The number of methoxy groups -OCH3 is 1. The Labute approximate surface area is 219 Å². The minimum atomic E-state index is -0.429. The van der Waals surface area contributed by atoms with Crippen LogP contribution in [0.3, 0.4) is 0 Å². The van der Waals surface area contributed by atoms with Gasteiger partial charge in [-0.1, -0.05) is 18.9 Å². The van der Waals surface area contributed by atoms with Gasteiger partial charge >= 0.3 is 0 Å². The van der Waals surface area contributed by atoms with Crippen molar-refractivity contribution in [2.24, 2.45) is 0 Å². The van der Waals surface area contributed by atoms with Crippen LogP contribution in [0.25, 0.3) is 10.9 Å². The predicted molar refractivity (Wildman–Crippen MR) is 142 cm³/mol. The summed E-state index contributed by atoms with van der Waals surface area (Å²) < 4.78 is 13.5. The third-order valence-corrected chi connectivity index (χ3v) is 8.44. The molecule has 0 amide bonds. The molecule has 1 aromatic carbocycles. The monoisotopic (exact) mass is 520 g/mol. The standard InChI is InChI=1S/C27H32N6O3S/c1-35-20-10-11-24-18(14-20)15-23(27(34)28-24)25(26-29-30-31-33(26)19-6-2-3-7-19)32(16-21-8-4-12-36-21)17-22-9-5-13-37-22/h5,9-11,13-15,19,21,25H,2-4,6-8,12,16-17H2,1H3,(H,28,34)/t21-,25-/m0/s1. The fraction of sp³-hybridized carbons (Fsp3) is 0.481. The molecule has 0 radical (unpaired) electrons. The van der Waals surface area contributed by atoms with Crippen LogP contribution in [0.4, 0.5) is 0 Å². The number of tetrazole rings is 1. The molecule has 2 fully saturated rings. The van der Waals surface area contributed by atoms with Crippen LogP contribution in [-0.2, 0) is 11.3 Å². The zero-order chi connectivity index (χ0) is 25.2. The molecule has 2 aliphatic rings. The highest BCUT2D eigenvalue weighted by molar-refractivity contribution is 7.09. The van der Waals surface area contributed by atoms with Gasteiger partial charge in [0.05, 0.1) is 19.3 Å². The van der Waals surface area contributed by atoms with Crippen LogP contribution in [0.2, 0.25) is 0 Å². The zero-order valence-corrected chi connectivity index (χ0v) is 21.8. The zero-order valence-electron chi connectivity index (χ0n) is 21.0. The summed E-state index contributed by atoms with van der Waals surface area (Å²) in [5, 5.41) is 16.1. The summed E-state index contributed by atoms with van der Waals surface area (Å²) in [6.45, 7) is 2.14. The first-order valence-electron chi connectivity index (χ1n) is 13.1. The number of pyridine rings is 1. The van der Waals surface area contributed by atoms with Gasteiger partial charge in [-0.15, -0.1) is 16.4 Å². The van der Waals surface area contributed by atoms with E-state index in [1.807, 2.05) is 28.9 Å². The maximum absolute atomic E-state index is 13.7. The lowest BCUT2D eigenvalue weighted by Crippen LogP contribution is -2.39. The van der Waals surface area contributed by atoms with Gasteiger partial charge < -0.3 is 14.5 Å². The Bertz CT molecular complexity index is 1390. The van der Waals surface area contributed by atoms with Gasteiger partial charge in [-0.2, -0.15) is 0 Å². The number of fused-ring (bicyclic) bond motifs is 1. The molecule has 1 saturated heterocycles. The summed E-state index contributed by atoms with van der Waals surface area (Å²) in [5.41, 5.74) is 1.27. The van der Waals surface area contributed by atoms with E-state index >= 15 is 0 Å². The second kappa shape index (κ2) is 10.7. The number of benzene rings is 1. The molecule has 194 valence electrons. The van der Waals surface area contributed by atoms with Crippen molar-refractivity contribution in [2.75, 3.05) is 20.3 Å². The molecule has 2 atom stereocenters. The van der Waals surface area contributed by atoms with Crippen LogP contribution in [0, 0.1) is 0 Å². The van der Waals surface area contributed by atoms with Crippen molar-refractivity contribution >= 4 is 22.2 Å². The minimum absolute atomic E-state index is 0.109. The number of nitrogens with one attached hydrogen (secondary N) is 1. The Balaban J connectivity index is 1.50. The van der Waals surface area contributed by atoms with Gasteiger partial charge in [0.1, 0.15) is 11.8 Å². The van der Waals surface area contributed by atoms with Gasteiger partial charge in [0.2, 0.25) is 0 Å². The number of thiophene rings is 1. The van der Waals surface area contributed by atoms with Gasteiger partial charge in [0.25, 0.3) is 5.56 Å². The van der Waals surface area contributed by atoms with Crippen molar-refractivity contribution in [1.29, 1.82) is 0 Å². The first-order chi connectivity index (χ1) is 18.2. The van der Waals surface area contributed by atoms with E-state index in [2.05, 4.69) is 42.9 Å². The third-order valence-electron chi connectivity index (χ3n) is 7.57. The lowest BCUT2D eigenvalue weighted by atomic mass is 10.0. The summed E-state index contributed by atoms with van der Waals surface area (Å²) in [6, 6.07) is 11.7. The highest BCUT2D eigenvalue weighted by atomic mass is 32.1. The van der Waals surface area contributed by atoms with Crippen LogP contribution in [0.15, 0.2) is 46.6 Å². The summed E-state index contributed by atoms with van der Waals surface area (Å²) in [6.07, 6.45) is 6.60. The Kier molecular flexibility index (Phi) is 7.04. The van der Waals surface area contributed by atoms with Crippen molar-refractivity contribution < 1.29 is 9.47 Å². The lowest BCUT2D eigenvalue weighted by molar-refractivity contribution is 0.0574. The van der Waals surface area contributed by atoms with E-state index in [4.69, 9.17) is 9.47 Å². The molecule has 4 heterocycles. The molecule has 37 heavy (non-hydrogen) atoms. The highest BCUT2D eigenvalue weighted by Gasteiger charge is 2.35. The average molecular weight is 521 g/mol. The second-order valence-corrected chi connectivity index (χ2v) is 11.0. The van der Waals surface area contributed by atoms with Gasteiger partial charge in [-0.05, 0) is 71.8 Å². The van der Waals surface area contributed by atoms with Crippen molar-refractivity contribution in [2.45, 2.75) is 63.3 Å². The molecule has 1 aliphatic carbocycles. The number of ether oxygens (including phenoxy) is 2. The Morgan fingerprint density at radius 2 is 2.11 bits per heavy atom. The molecule has 0 spiro atoms. The molecule has 4 aromatic rings. The van der Waals surface area contributed by atoms with Crippen molar-refractivity contribution in [3.05, 3.63) is 68.4 Å². The van der Waals surface area contributed by atoms with Gasteiger partial charge in [-0.3, -0.25) is 9.69 Å². The van der Waals surface area contributed by atoms with E-state index < -0.39 is 6.04 Å². The molecule has 0 bridgehead atoms. The van der Waals surface area contributed by atoms with Gasteiger partial charge in [-0.25, -0.2) is 4.68 Å². The molecular weight excluding hydrogens is 488 g/mol. The number of nitrogens with zero attached hydrogens (tertiary/aromatic N) is 5. The lowest BCUT2D eigenvalue weighted by Gasteiger charge is -2.33. The normalized spacial score (nSPS) is 19.2. The maximum Gasteiger partial charge on any atom is 0.253 e. The number of rotatable bonds is 9. The van der Waals surface area contributed by atoms with Crippen molar-refractivity contribution in [3.8, 4) is 5.75 Å². The first-order valence-corrected chi connectivity index (χ1v) is 13.9. The number of hydrogen-bond donors (Lipinski definition) is 1. The molecule has 1 N–H and O–H groups in total. The summed E-state index contributed by atoms with van der Waals surface area (Å²) in [5.74, 6) is 1.46. The molecule has 10 heteroatoms. The smallest absolute Gasteiger partial charge is 0.253 e. The van der Waals surface area contributed by atoms with Crippen LogP contribution in [0.5, 0.6) is 5.75 Å². The van der Waals surface area contributed by atoms with Crippen molar-refractivity contribution in [3.63, 3.8) is 0 Å². The largest absolute Gasteiger partial charge is 0.497 e. The summed E-state index contributed by atoms with van der Waals surface area (Å²) in [7, 11) is 1.65. The van der Waals surface area contributed by atoms with E-state index in [1.54, 1.807) is 18.4 Å². The Morgan fingerprint density at radius 3 is 2.86 bits per heavy atom. The molecular formula is C27H32N6O3S. The quantitative estimate of drug-likeness (QED) is 0.348. The van der Waals surface area contributed by atoms with Crippen LogP contribution in [-0.4, -0.2) is 56.5 Å². The topological polar surface area (TPSA) is 98.2 Å². The first kappa shape index (κ1) is 24.3. The van der Waals surface area contributed by atoms with Crippen LogP contribution in [0.1, 0.15) is 66.9 Å². The van der Waals surface area contributed by atoms with Crippen molar-refractivity contribution in [1.82, 2.24) is 30.1 Å². The molecule has 6 rings (SSSR count). The number of aromatic nitrogens is 5. The molecule has 9 nitrogen and oxygen atoms in total. The van der Waals surface area contributed by atoms with E-state index in [0.717, 1.165) is 48.9 Å². The molecule has 0 unspecified atom stereocenters. The fourth-order valence-corrected chi connectivity index (χ4v) is 6.46. The van der Waals surface area contributed by atoms with E-state index in [0.29, 0.717) is 24.5 Å². The SMILES string of the molecule is COc1ccc2[nH]c(=O)c([C@@H](c3nnnn3C3CCCC3)N(Cc3cccs3)C[C@@H]3CCCO3)cc2c1. The second-order valence-electron chi connectivity index (χ2n) is 9.97. The Morgan fingerprint density at radius 1 is 1.22 bits per heavy atom. The van der Waals surface area contributed by atoms with E-state index in [-0.39, 0.29) is 17.7 Å². The predicted octanol–water partition coefficient (Wildman–Crippen LogP) is 4.47. The molecule has 1 saturated carbocycles. The van der Waals surface area contributed by atoms with Gasteiger partial charge in [0, 0.05) is 41.0 Å². The Hall–Kier alpha value is -3.08. The summed E-state index contributed by atoms with van der Waals surface area (Å²) in [4.78, 5) is 20.3. The maximum atomic E-state index is 13.7. The highest BCUT2D eigenvalue weighted by Crippen LogP contribution is 2.35. The third kappa shape index (κ3) is 5.05. The fourth-order valence-electron chi connectivity index (χ4n) is 5.73. The number of aromatic amines is 1. The minimum Gasteiger partial charge on any atom is -0.497 e.